The highest BCUT2D eigenvalue weighted by atomic mass is 35.5. The standard InChI is InChI=1S/C23H16ClF3N4OS2/c24-15-11-12-18(17(13-15)23(25,26)27)29-20(32)19(14-7-3-1-4-8-14)33-22-31-30-21(34-22)28-16-9-5-2-6-10-16/h1-13,19H,(H,28,30)(H,29,32)/t19-/m1/s1. The van der Waals surface area contributed by atoms with Crippen LogP contribution in [0.2, 0.25) is 5.02 Å². The summed E-state index contributed by atoms with van der Waals surface area (Å²) in [7, 11) is 0. The van der Waals surface area contributed by atoms with Crippen LogP contribution in [-0.2, 0) is 11.0 Å². The number of nitrogens with zero attached hydrogens (tertiary/aromatic N) is 2. The highest BCUT2D eigenvalue weighted by Gasteiger charge is 2.35. The van der Waals surface area contributed by atoms with E-state index in [1.807, 2.05) is 30.3 Å². The summed E-state index contributed by atoms with van der Waals surface area (Å²) in [5, 5.41) is 13.4. The molecule has 0 aliphatic rings. The fourth-order valence-electron chi connectivity index (χ4n) is 3.01. The highest BCUT2D eigenvalue weighted by Crippen LogP contribution is 2.41. The molecule has 0 radical (unpaired) electrons. The molecule has 0 bridgehead atoms. The van der Waals surface area contributed by atoms with Gasteiger partial charge in [-0.25, -0.2) is 0 Å². The molecule has 34 heavy (non-hydrogen) atoms. The second-order valence-electron chi connectivity index (χ2n) is 6.95. The van der Waals surface area contributed by atoms with E-state index in [4.69, 9.17) is 11.6 Å². The number of hydrogen-bond donors (Lipinski definition) is 2. The monoisotopic (exact) mass is 520 g/mol. The summed E-state index contributed by atoms with van der Waals surface area (Å²) >= 11 is 8.09. The predicted molar refractivity (Wildman–Crippen MR) is 130 cm³/mol. The first kappa shape index (κ1) is 24.1. The molecular weight excluding hydrogens is 505 g/mol. The number of carbonyl (C=O) groups excluding carboxylic acids is 1. The van der Waals surface area contributed by atoms with Gasteiger partial charge in [-0.3, -0.25) is 4.79 Å². The maximum absolute atomic E-state index is 13.5. The molecule has 174 valence electrons. The number of para-hydroxylation sites is 1. The molecule has 1 heterocycles. The number of hydrogen-bond acceptors (Lipinski definition) is 6. The number of halogens is 4. The van der Waals surface area contributed by atoms with Gasteiger partial charge in [0.05, 0.1) is 11.3 Å². The third-order valence-corrected chi connectivity index (χ3v) is 6.95. The van der Waals surface area contributed by atoms with Gasteiger partial charge in [-0.2, -0.15) is 13.2 Å². The average Bonchev–Trinajstić information content (AvgIpc) is 3.26. The summed E-state index contributed by atoms with van der Waals surface area (Å²) in [6.07, 6.45) is -4.68. The van der Waals surface area contributed by atoms with Crippen molar-refractivity contribution in [1.29, 1.82) is 0 Å². The van der Waals surface area contributed by atoms with Gasteiger partial charge < -0.3 is 10.6 Å². The lowest BCUT2D eigenvalue weighted by molar-refractivity contribution is -0.137. The molecule has 0 saturated heterocycles. The van der Waals surface area contributed by atoms with Crippen LogP contribution in [0.25, 0.3) is 0 Å². The topological polar surface area (TPSA) is 66.9 Å². The molecule has 2 N–H and O–H groups in total. The second-order valence-corrected chi connectivity index (χ2v) is 9.72. The number of anilines is 3. The summed E-state index contributed by atoms with van der Waals surface area (Å²) in [4.78, 5) is 13.2. The molecular formula is C23H16ClF3N4OS2. The van der Waals surface area contributed by atoms with Crippen molar-refractivity contribution in [2.24, 2.45) is 0 Å². The quantitative estimate of drug-likeness (QED) is 0.248. The van der Waals surface area contributed by atoms with Gasteiger partial charge in [0.15, 0.2) is 4.34 Å². The van der Waals surface area contributed by atoms with E-state index in [0.717, 1.165) is 29.6 Å². The third-order valence-electron chi connectivity index (χ3n) is 4.54. The van der Waals surface area contributed by atoms with Crippen molar-refractivity contribution in [3.05, 3.63) is 95.0 Å². The van der Waals surface area contributed by atoms with Crippen LogP contribution in [0.3, 0.4) is 0 Å². The van der Waals surface area contributed by atoms with Crippen molar-refractivity contribution in [2.45, 2.75) is 15.8 Å². The minimum absolute atomic E-state index is 0.0772. The number of rotatable bonds is 7. The summed E-state index contributed by atoms with van der Waals surface area (Å²) in [5.41, 5.74) is 0.0535. The maximum Gasteiger partial charge on any atom is 0.418 e. The third kappa shape index (κ3) is 6.07. The van der Waals surface area contributed by atoms with E-state index >= 15 is 0 Å². The Kier molecular flexibility index (Phi) is 7.40. The zero-order valence-electron chi connectivity index (χ0n) is 17.2. The summed E-state index contributed by atoms with van der Waals surface area (Å²) < 4.78 is 41.0. The number of benzene rings is 3. The summed E-state index contributed by atoms with van der Waals surface area (Å²) in [6, 6.07) is 21.4. The smallest absolute Gasteiger partial charge is 0.330 e. The SMILES string of the molecule is O=C(Nc1ccc(Cl)cc1C(F)(F)F)[C@H](Sc1nnc(Nc2ccccc2)s1)c1ccccc1. The number of alkyl halides is 3. The Bertz CT molecular complexity index is 1270. The van der Waals surface area contributed by atoms with Crippen LogP contribution in [0.15, 0.2) is 83.2 Å². The number of amides is 1. The molecule has 0 aliphatic carbocycles. The molecule has 11 heteroatoms. The van der Waals surface area contributed by atoms with Crippen LogP contribution in [0.1, 0.15) is 16.4 Å². The van der Waals surface area contributed by atoms with Crippen LogP contribution in [0, 0.1) is 0 Å². The van der Waals surface area contributed by atoms with Gasteiger partial charge in [-0.15, -0.1) is 10.2 Å². The van der Waals surface area contributed by atoms with Gasteiger partial charge in [0.25, 0.3) is 0 Å². The molecule has 0 aliphatic heterocycles. The van der Waals surface area contributed by atoms with Crippen molar-refractivity contribution in [3.63, 3.8) is 0 Å². The van der Waals surface area contributed by atoms with Crippen molar-refractivity contribution in [2.75, 3.05) is 10.6 Å². The van der Waals surface area contributed by atoms with E-state index in [9.17, 15) is 18.0 Å². The molecule has 0 unspecified atom stereocenters. The molecule has 1 atom stereocenters. The Morgan fingerprint density at radius 1 is 0.971 bits per heavy atom. The molecule has 4 aromatic rings. The first-order valence-electron chi connectivity index (χ1n) is 9.84. The number of carbonyl (C=O) groups is 1. The van der Waals surface area contributed by atoms with Gasteiger partial charge in [-0.1, -0.05) is 83.2 Å². The lowest BCUT2D eigenvalue weighted by Crippen LogP contribution is -2.21. The zero-order valence-corrected chi connectivity index (χ0v) is 19.6. The van der Waals surface area contributed by atoms with E-state index in [2.05, 4.69) is 20.8 Å². The molecule has 1 aromatic heterocycles. The van der Waals surface area contributed by atoms with Gasteiger partial charge >= 0.3 is 6.18 Å². The molecule has 5 nitrogen and oxygen atoms in total. The van der Waals surface area contributed by atoms with Crippen molar-refractivity contribution >= 4 is 57.1 Å². The van der Waals surface area contributed by atoms with E-state index in [1.165, 1.54) is 17.4 Å². The van der Waals surface area contributed by atoms with Crippen LogP contribution in [-0.4, -0.2) is 16.1 Å². The summed E-state index contributed by atoms with van der Waals surface area (Å²) in [6.45, 7) is 0. The number of nitrogens with one attached hydrogen (secondary N) is 2. The maximum atomic E-state index is 13.5. The minimum atomic E-state index is -4.68. The van der Waals surface area contributed by atoms with Crippen LogP contribution in [0.4, 0.5) is 29.7 Å². The van der Waals surface area contributed by atoms with Gasteiger partial charge in [0, 0.05) is 10.7 Å². The highest BCUT2D eigenvalue weighted by molar-refractivity contribution is 8.02. The molecule has 4 rings (SSSR count). The first-order chi connectivity index (χ1) is 16.3. The lowest BCUT2D eigenvalue weighted by atomic mass is 10.1. The normalized spacial score (nSPS) is 12.2. The van der Waals surface area contributed by atoms with Crippen LogP contribution >= 0.6 is 34.7 Å². The van der Waals surface area contributed by atoms with Crippen molar-refractivity contribution < 1.29 is 18.0 Å². The van der Waals surface area contributed by atoms with Crippen LogP contribution < -0.4 is 10.6 Å². The fourth-order valence-corrected chi connectivity index (χ4v) is 5.15. The molecule has 0 saturated carbocycles. The predicted octanol–water partition coefficient (Wildman–Crippen LogP) is 7.43. The van der Waals surface area contributed by atoms with E-state index in [1.54, 1.807) is 30.3 Å². The van der Waals surface area contributed by atoms with E-state index in [-0.39, 0.29) is 10.7 Å². The number of thioether (sulfide) groups is 1. The minimum Gasteiger partial charge on any atom is -0.330 e. The van der Waals surface area contributed by atoms with E-state index < -0.39 is 22.9 Å². The van der Waals surface area contributed by atoms with Gasteiger partial charge in [0.2, 0.25) is 11.0 Å². The molecule has 3 aromatic carbocycles. The second kappa shape index (κ2) is 10.5. The Balaban J connectivity index is 1.58. The van der Waals surface area contributed by atoms with Gasteiger partial charge in [-0.05, 0) is 35.9 Å². The molecule has 1 amide bonds. The first-order valence-corrected chi connectivity index (χ1v) is 11.9. The van der Waals surface area contributed by atoms with Gasteiger partial charge in [0.1, 0.15) is 5.25 Å². The Morgan fingerprint density at radius 2 is 1.65 bits per heavy atom. The Hall–Kier alpha value is -3.08. The zero-order chi connectivity index (χ0) is 24.1. The summed E-state index contributed by atoms with van der Waals surface area (Å²) in [5.74, 6) is -0.628. The Labute approximate surface area is 206 Å². The van der Waals surface area contributed by atoms with Crippen molar-refractivity contribution in [3.8, 4) is 0 Å². The number of aromatic nitrogens is 2. The molecule has 0 spiro atoms. The lowest BCUT2D eigenvalue weighted by Gasteiger charge is -2.18. The van der Waals surface area contributed by atoms with Crippen molar-refractivity contribution in [1.82, 2.24) is 10.2 Å². The van der Waals surface area contributed by atoms with E-state index in [0.29, 0.717) is 15.0 Å². The van der Waals surface area contributed by atoms with Crippen LogP contribution in [0.5, 0.6) is 0 Å². The Morgan fingerprint density at radius 3 is 2.32 bits per heavy atom. The molecule has 0 fully saturated rings. The average molecular weight is 521 g/mol. The fraction of sp³-hybridized carbons (Fsp3) is 0.0870. The largest absolute Gasteiger partial charge is 0.418 e.